The van der Waals surface area contributed by atoms with Gasteiger partial charge in [0.2, 0.25) is 0 Å². The van der Waals surface area contributed by atoms with Crippen molar-refractivity contribution in [3.05, 3.63) is 33.9 Å². The average Bonchev–Trinajstić information content (AvgIpc) is 2.34. The highest BCUT2D eigenvalue weighted by Crippen LogP contribution is 2.25. The molecule has 18 heavy (non-hydrogen) atoms. The number of aliphatic carboxylic acids is 1. The first-order chi connectivity index (χ1) is 8.45. The molecule has 0 bridgehead atoms. The first-order valence-corrected chi connectivity index (χ1v) is 5.23. The van der Waals surface area contributed by atoms with Crippen LogP contribution in [0.3, 0.4) is 0 Å². The van der Waals surface area contributed by atoms with Crippen LogP contribution in [0.15, 0.2) is 18.2 Å². The Labute approximate surface area is 103 Å². The van der Waals surface area contributed by atoms with Gasteiger partial charge in [-0.3, -0.25) is 19.7 Å². The van der Waals surface area contributed by atoms with Gasteiger partial charge in [-0.15, -0.1) is 0 Å². The third-order valence-electron chi connectivity index (χ3n) is 2.27. The summed E-state index contributed by atoms with van der Waals surface area (Å²) in [4.78, 5) is 32.0. The normalized spacial score (nSPS) is 9.83. The van der Waals surface area contributed by atoms with E-state index >= 15 is 0 Å². The van der Waals surface area contributed by atoms with Crippen molar-refractivity contribution >= 4 is 23.1 Å². The van der Waals surface area contributed by atoms with E-state index in [4.69, 9.17) is 5.11 Å². The molecule has 1 aromatic rings. The molecule has 0 fully saturated rings. The highest BCUT2D eigenvalue weighted by molar-refractivity contribution is 5.97. The fraction of sp³-hybridized carbons (Fsp3) is 0.273. The summed E-state index contributed by atoms with van der Waals surface area (Å²) in [5.74, 6) is -1.33. The molecule has 0 aromatic heterocycles. The molecule has 0 saturated heterocycles. The number of nitrogens with one attached hydrogen (secondary N) is 1. The maximum Gasteiger partial charge on any atom is 0.322 e. The van der Waals surface area contributed by atoms with Crippen molar-refractivity contribution in [3.8, 4) is 0 Å². The van der Waals surface area contributed by atoms with Gasteiger partial charge in [0.1, 0.15) is 12.2 Å². The van der Waals surface area contributed by atoms with Crippen molar-refractivity contribution in [2.24, 2.45) is 0 Å². The summed E-state index contributed by atoms with van der Waals surface area (Å²) in [6.07, 6.45) is 0.249. The zero-order chi connectivity index (χ0) is 13.7. The van der Waals surface area contributed by atoms with E-state index in [1.165, 1.54) is 12.1 Å². The van der Waals surface area contributed by atoms with E-state index < -0.39 is 17.4 Å². The lowest BCUT2D eigenvalue weighted by Crippen LogP contribution is -2.13. The third kappa shape index (κ3) is 3.27. The molecule has 0 heterocycles. The molecule has 0 aliphatic rings. The minimum Gasteiger partial charge on any atom is -0.480 e. The van der Waals surface area contributed by atoms with Crippen LogP contribution >= 0.6 is 0 Å². The van der Waals surface area contributed by atoms with Crippen LogP contribution in [0.2, 0.25) is 0 Å². The number of anilines is 1. The first kappa shape index (κ1) is 13.6. The van der Waals surface area contributed by atoms with Crippen LogP contribution in [-0.4, -0.2) is 28.3 Å². The van der Waals surface area contributed by atoms with E-state index in [2.05, 4.69) is 5.32 Å². The number of nitrogens with zero attached hydrogens (tertiary/aromatic N) is 1. The van der Waals surface area contributed by atoms with Gasteiger partial charge in [-0.25, -0.2) is 0 Å². The molecule has 0 atom stereocenters. The Morgan fingerprint density at radius 2 is 2.11 bits per heavy atom. The quantitative estimate of drug-likeness (QED) is 0.453. The number of benzene rings is 1. The Hall–Kier alpha value is -2.44. The van der Waals surface area contributed by atoms with Crippen LogP contribution < -0.4 is 5.32 Å². The molecule has 0 saturated carbocycles. The number of hydrogen-bond acceptors (Lipinski definition) is 5. The maximum atomic E-state index is 11.4. The van der Waals surface area contributed by atoms with Crippen LogP contribution in [0.5, 0.6) is 0 Å². The maximum absolute atomic E-state index is 11.4. The Morgan fingerprint density at radius 1 is 1.44 bits per heavy atom. The van der Waals surface area contributed by atoms with Crippen molar-refractivity contribution < 1.29 is 19.6 Å². The predicted octanol–water partition coefficient (Wildman–Crippen LogP) is 1.68. The molecule has 0 spiro atoms. The number of Topliss-reactive ketones (excluding diaryl/α,β-unsaturated/α-hetero) is 1. The average molecular weight is 252 g/mol. The molecule has 96 valence electrons. The van der Waals surface area contributed by atoms with E-state index in [0.29, 0.717) is 0 Å². The molecule has 1 aromatic carbocycles. The number of carbonyl (C=O) groups is 2. The molecular weight excluding hydrogens is 240 g/mol. The Bertz CT molecular complexity index is 498. The highest BCUT2D eigenvalue weighted by atomic mass is 16.6. The zero-order valence-corrected chi connectivity index (χ0v) is 9.67. The van der Waals surface area contributed by atoms with E-state index in [1.807, 2.05) is 0 Å². The lowest BCUT2D eigenvalue weighted by atomic mass is 10.1. The zero-order valence-electron chi connectivity index (χ0n) is 9.67. The van der Waals surface area contributed by atoms with Gasteiger partial charge in [0.05, 0.1) is 4.92 Å². The third-order valence-corrected chi connectivity index (χ3v) is 2.27. The molecular formula is C11H12N2O5. The van der Waals surface area contributed by atoms with Gasteiger partial charge in [0.25, 0.3) is 5.69 Å². The molecule has 0 radical (unpaired) electrons. The van der Waals surface area contributed by atoms with Gasteiger partial charge in [-0.1, -0.05) is 6.92 Å². The molecule has 1 rings (SSSR count). The van der Waals surface area contributed by atoms with E-state index in [-0.39, 0.29) is 29.1 Å². The monoisotopic (exact) mass is 252 g/mol. The molecule has 0 unspecified atom stereocenters. The fourth-order valence-corrected chi connectivity index (χ4v) is 1.38. The van der Waals surface area contributed by atoms with E-state index in [0.717, 1.165) is 6.07 Å². The number of rotatable bonds is 6. The van der Waals surface area contributed by atoms with Gasteiger partial charge < -0.3 is 10.4 Å². The first-order valence-electron chi connectivity index (χ1n) is 5.23. The van der Waals surface area contributed by atoms with Crippen molar-refractivity contribution in [2.75, 3.05) is 11.9 Å². The second kappa shape index (κ2) is 5.76. The molecule has 0 aliphatic carbocycles. The summed E-state index contributed by atoms with van der Waals surface area (Å²) in [6.45, 7) is 1.23. The number of nitro benzene ring substituents is 1. The van der Waals surface area contributed by atoms with Gasteiger partial charge in [0.15, 0.2) is 5.78 Å². The van der Waals surface area contributed by atoms with Gasteiger partial charge in [-0.2, -0.15) is 0 Å². The summed E-state index contributed by atoms with van der Waals surface area (Å²) >= 11 is 0. The van der Waals surface area contributed by atoms with Gasteiger partial charge in [0, 0.05) is 18.1 Å². The smallest absolute Gasteiger partial charge is 0.322 e. The number of carboxylic acid groups (broad SMARTS) is 1. The lowest BCUT2D eigenvalue weighted by Gasteiger charge is -2.06. The number of carboxylic acids is 1. The standard InChI is InChI=1S/C11H12N2O5/c1-2-10(14)7-3-4-8(12-6-11(15)16)9(5-7)13(17)18/h3-5,12H,2,6H2,1H3,(H,15,16). The minimum atomic E-state index is -1.13. The van der Waals surface area contributed by atoms with Crippen LogP contribution in [0.25, 0.3) is 0 Å². The van der Waals surface area contributed by atoms with Crippen molar-refractivity contribution in [3.63, 3.8) is 0 Å². The molecule has 7 nitrogen and oxygen atoms in total. The van der Waals surface area contributed by atoms with Gasteiger partial charge >= 0.3 is 5.97 Å². The van der Waals surface area contributed by atoms with E-state index in [9.17, 15) is 19.7 Å². The molecule has 7 heteroatoms. The van der Waals surface area contributed by atoms with E-state index in [1.54, 1.807) is 6.92 Å². The van der Waals surface area contributed by atoms with Crippen LogP contribution in [0.1, 0.15) is 23.7 Å². The summed E-state index contributed by atoms with van der Waals surface area (Å²) in [5, 5.41) is 21.8. The Balaban J connectivity index is 3.08. The SMILES string of the molecule is CCC(=O)c1ccc(NCC(=O)O)c([N+](=O)[O-])c1. The largest absolute Gasteiger partial charge is 0.480 e. The highest BCUT2D eigenvalue weighted by Gasteiger charge is 2.17. The topological polar surface area (TPSA) is 110 Å². The molecule has 2 N–H and O–H groups in total. The number of hydrogen-bond donors (Lipinski definition) is 2. The second-order valence-corrected chi connectivity index (χ2v) is 3.51. The number of ketones is 1. The molecule has 0 aliphatic heterocycles. The number of nitro groups is 1. The predicted molar refractivity (Wildman–Crippen MR) is 63.8 cm³/mol. The van der Waals surface area contributed by atoms with Crippen molar-refractivity contribution in [2.45, 2.75) is 13.3 Å². The lowest BCUT2D eigenvalue weighted by molar-refractivity contribution is -0.384. The van der Waals surface area contributed by atoms with Gasteiger partial charge in [-0.05, 0) is 12.1 Å². The second-order valence-electron chi connectivity index (χ2n) is 3.51. The van der Waals surface area contributed by atoms with Crippen molar-refractivity contribution in [1.29, 1.82) is 0 Å². The van der Waals surface area contributed by atoms with Crippen LogP contribution in [0.4, 0.5) is 11.4 Å². The van der Waals surface area contributed by atoms with Crippen LogP contribution in [-0.2, 0) is 4.79 Å². The fourth-order valence-electron chi connectivity index (χ4n) is 1.38. The van der Waals surface area contributed by atoms with Crippen LogP contribution in [0, 0.1) is 10.1 Å². The van der Waals surface area contributed by atoms with Crippen molar-refractivity contribution in [1.82, 2.24) is 0 Å². The summed E-state index contributed by atoms with van der Waals surface area (Å²) in [6, 6.07) is 3.92. The summed E-state index contributed by atoms with van der Waals surface area (Å²) in [5.41, 5.74) is 0.00989. The Kier molecular flexibility index (Phi) is 4.36. The number of carbonyl (C=O) groups excluding carboxylic acids is 1. The summed E-state index contributed by atoms with van der Waals surface area (Å²) in [7, 11) is 0. The summed E-state index contributed by atoms with van der Waals surface area (Å²) < 4.78 is 0. The molecule has 0 amide bonds. The minimum absolute atomic E-state index is 0.0788. The Morgan fingerprint density at radius 3 is 2.61 bits per heavy atom.